The lowest BCUT2D eigenvalue weighted by Gasteiger charge is -2.29. The van der Waals surface area contributed by atoms with Crippen LogP contribution in [0, 0.1) is 10.1 Å². The molecule has 0 spiro atoms. The average molecular weight is 402 g/mol. The van der Waals surface area contributed by atoms with Crippen LogP contribution in [-0.4, -0.2) is 37.0 Å². The number of nitro benzene ring substituents is 1. The van der Waals surface area contributed by atoms with Gasteiger partial charge < -0.3 is 15.5 Å². The number of carbonyl (C=O) groups excluding carboxylic acids is 1. The van der Waals surface area contributed by atoms with Gasteiger partial charge in [-0.3, -0.25) is 14.9 Å². The van der Waals surface area contributed by atoms with Crippen molar-refractivity contribution in [3.63, 3.8) is 0 Å². The maximum absolute atomic E-state index is 12.6. The van der Waals surface area contributed by atoms with Gasteiger partial charge in [0.25, 0.3) is 11.6 Å². The van der Waals surface area contributed by atoms with Crippen molar-refractivity contribution >= 4 is 23.0 Å². The highest BCUT2D eigenvalue weighted by Gasteiger charge is 2.22. The Balaban J connectivity index is 1.51. The van der Waals surface area contributed by atoms with Gasteiger partial charge in [-0.1, -0.05) is 42.5 Å². The fourth-order valence-corrected chi connectivity index (χ4v) is 3.57. The number of piperazine rings is 1. The first-order valence-corrected chi connectivity index (χ1v) is 9.83. The molecular weight excluding hydrogens is 380 g/mol. The number of hydrogen-bond donors (Lipinski definition) is 2. The Kier molecular flexibility index (Phi) is 5.72. The van der Waals surface area contributed by atoms with Crippen LogP contribution in [0.15, 0.2) is 72.8 Å². The molecule has 152 valence electrons. The van der Waals surface area contributed by atoms with Crippen LogP contribution in [0.3, 0.4) is 0 Å². The van der Waals surface area contributed by atoms with E-state index in [0.717, 1.165) is 24.2 Å². The number of hydrogen-bond acceptors (Lipinski definition) is 5. The van der Waals surface area contributed by atoms with E-state index in [2.05, 4.69) is 10.6 Å². The predicted octanol–water partition coefficient (Wildman–Crippen LogP) is 3.92. The molecule has 7 heteroatoms. The normalized spacial score (nSPS) is 13.7. The molecule has 0 aliphatic carbocycles. The summed E-state index contributed by atoms with van der Waals surface area (Å²) >= 11 is 0. The van der Waals surface area contributed by atoms with E-state index in [4.69, 9.17) is 0 Å². The van der Waals surface area contributed by atoms with Gasteiger partial charge in [0.1, 0.15) is 5.69 Å². The Morgan fingerprint density at radius 1 is 0.933 bits per heavy atom. The molecule has 1 fully saturated rings. The van der Waals surface area contributed by atoms with Crippen molar-refractivity contribution in [3.05, 3.63) is 88.5 Å². The number of benzene rings is 3. The Labute approximate surface area is 174 Å². The van der Waals surface area contributed by atoms with Gasteiger partial charge in [-0.15, -0.1) is 0 Å². The summed E-state index contributed by atoms with van der Waals surface area (Å²) in [7, 11) is 0. The van der Waals surface area contributed by atoms with Gasteiger partial charge in [-0.05, 0) is 35.4 Å². The van der Waals surface area contributed by atoms with E-state index >= 15 is 0 Å². The molecule has 3 aromatic carbocycles. The largest absolute Gasteiger partial charge is 0.363 e. The minimum absolute atomic E-state index is 0.00544. The first-order chi connectivity index (χ1) is 14.6. The highest BCUT2D eigenvalue weighted by atomic mass is 16.6. The van der Waals surface area contributed by atoms with Gasteiger partial charge >= 0.3 is 0 Å². The van der Waals surface area contributed by atoms with Crippen molar-refractivity contribution in [1.29, 1.82) is 0 Å². The van der Waals surface area contributed by atoms with Crippen molar-refractivity contribution in [2.75, 3.05) is 36.4 Å². The van der Waals surface area contributed by atoms with E-state index in [1.54, 1.807) is 24.3 Å². The molecule has 1 aliphatic rings. The van der Waals surface area contributed by atoms with Crippen LogP contribution in [0.4, 0.5) is 17.1 Å². The fraction of sp³-hybridized carbons (Fsp3) is 0.174. The molecule has 0 atom stereocenters. The monoisotopic (exact) mass is 402 g/mol. The minimum atomic E-state index is -0.401. The van der Waals surface area contributed by atoms with E-state index in [1.165, 1.54) is 6.07 Å². The number of rotatable bonds is 5. The second kappa shape index (κ2) is 8.75. The molecule has 0 bridgehead atoms. The molecule has 1 saturated heterocycles. The summed E-state index contributed by atoms with van der Waals surface area (Å²) in [4.78, 5) is 25.8. The number of amides is 1. The number of anilines is 2. The maximum atomic E-state index is 12.6. The summed E-state index contributed by atoms with van der Waals surface area (Å²) < 4.78 is 0. The molecule has 1 aliphatic heterocycles. The SMILES string of the molecule is O=C(Nc1ccc(N2CCNCC2)c([N+](=O)[O-])c1)c1ccc(-c2ccccc2)cc1. The zero-order valence-electron chi connectivity index (χ0n) is 16.4. The smallest absolute Gasteiger partial charge is 0.294 e. The molecule has 30 heavy (non-hydrogen) atoms. The predicted molar refractivity (Wildman–Crippen MR) is 118 cm³/mol. The molecule has 4 rings (SSSR count). The fourth-order valence-electron chi connectivity index (χ4n) is 3.57. The van der Waals surface area contributed by atoms with Gasteiger partial charge in [0, 0.05) is 43.5 Å². The molecule has 1 heterocycles. The zero-order valence-corrected chi connectivity index (χ0v) is 16.4. The van der Waals surface area contributed by atoms with E-state index in [9.17, 15) is 14.9 Å². The van der Waals surface area contributed by atoms with E-state index < -0.39 is 4.92 Å². The second-order valence-electron chi connectivity index (χ2n) is 7.10. The molecule has 0 radical (unpaired) electrons. The van der Waals surface area contributed by atoms with Crippen LogP contribution < -0.4 is 15.5 Å². The molecule has 3 aromatic rings. The van der Waals surface area contributed by atoms with Crippen LogP contribution in [0.5, 0.6) is 0 Å². The van der Waals surface area contributed by atoms with Gasteiger partial charge in [0.05, 0.1) is 4.92 Å². The molecule has 2 N–H and O–H groups in total. The molecule has 0 saturated carbocycles. The molecule has 0 aromatic heterocycles. The highest BCUT2D eigenvalue weighted by Crippen LogP contribution is 2.31. The van der Waals surface area contributed by atoms with E-state index in [-0.39, 0.29) is 11.6 Å². The summed E-state index contributed by atoms with van der Waals surface area (Å²) in [5, 5.41) is 17.6. The van der Waals surface area contributed by atoms with Gasteiger partial charge in [-0.25, -0.2) is 0 Å². The Bertz CT molecular complexity index is 1050. The quantitative estimate of drug-likeness (QED) is 0.499. The Morgan fingerprint density at radius 3 is 2.27 bits per heavy atom. The lowest BCUT2D eigenvalue weighted by Crippen LogP contribution is -2.43. The van der Waals surface area contributed by atoms with E-state index in [0.29, 0.717) is 30.0 Å². The van der Waals surface area contributed by atoms with Gasteiger partial charge in [-0.2, -0.15) is 0 Å². The second-order valence-corrected chi connectivity index (χ2v) is 7.10. The standard InChI is InChI=1S/C23H22N4O3/c28-23(19-8-6-18(7-9-19)17-4-2-1-3-5-17)25-20-10-11-21(22(16-20)27(29)30)26-14-12-24-13-15-26/h1-11,16,24H,12-15H2,(H,25,28). The third-order valence-electron chi connectivity index (χ3n) is 5.14. The first kappa shape index (κ1) is 19.6. The average Bonchev–Trinajstić information content (AvgIpc) is 2.80. The number of nitro groups is 1. The lowest BCUT2D eigenvalue weighted by molar-refractivity contribution is -0.384. The molecule has 0 unspecified atom stereocenters. The Hall–Kier alpha value is -3.71. The number of nitrogens with zero attached hydrogens (tertiary/aromatic N) is 2. The van der Waals surface area contributed by atoms with Crippen LogP contribution in [0.2, 0.25) is 0 Å². The van der Waals surface area contributed by atoms with Crippen LogP contribution in [-0.2, 0) is 0 Å². The maximum Gasteiger partial charge on any atom is 0.294 e. The van der Waals surface area contributed by atoms with Gasteiger partial charge in [0.15, 0.2) is 0 Å². The molecule has 7 nitrogen and oxygen atoms in total. The van der Waals surface area contributed by atoms with Crippen molar-refractivity contribution in [2.45, 2.75) is 0 Å². The highest BCUT2D eigenvalue weighted by molar-refractivity contribution is 6.04. The van der Waals surface area contributed by atoms with Crippen molar-refractivity contribution < 1.29 is 9.72 Å². The van der Waals surface area contributed by atoms with Crippen LogP contribution >= 0.6 is 0 Å². The summed E-state index contributed by atoms with van der Waals surface area (Å²) in [6.45, 7) is 2.99. The number of nitrogens with one attached hydrogen (secondary N) is 2. The lowest BCUT2D eigenvalue weighted by atomic mass is 10.0. The topological polar surface area (TPSA) is 87.5 Å². The third-order valence-corrected chi connectivity index (χ3v) is 5.14. The summed E-state index contributed by atoms with van der Waals surface area (Å²) in [5.74, 6) is -0.307. The van der Waals surface area contributed by atoms with Crippen molar-refractivity contribution in [1.82, 2.24) is 5.32 Å². The van der Waals surface area contributed by atoms with Gasteiger partial charge in [0.2, 0.25) is 0 Å². The first-order valence-electron chi connectivity index (χ1n) is 9.83. The third kappa shape index (κ3) is 4.31. The van der Waals surface area contributed by atoms with Crippen LogP contribution in [0.25, 0.3) is 11.1 Å². The minimum Gasteiger partial charge on any atom is -0.363 e. The summed E-state index contributed by atoms with van der Waals surface area (Å²) in [6.07, 6.45) is 0. The summed E-state index contributed by atoms with van der Waals surface area (Å²) in [5.41, 5.74) is 3.55. The van der Waals surface area contributed by atoms with E-state index in [1.807, 2.05) is 47.4 Å². The summed E-state index contributed by atoms with van der Waals surface area (Å²) in [6, 6.07) is 22.0. The zero-order chi connectivity index (χ0) is 20.9. The van der Waals surface area contributed by atoms with Crippen molar-refractivity contribution in [2.24, 2.45) is 0 Å². The molecule has 1 amide bonds. The molecular formula is C23H22N4O3. The van der Waals surface area contributed by atoms with Crippen LogP contribution in [0.1, 0.15) is 10.4 Å². The number of carbonyl (C=O) groups is 1. The van der Waals surface area contributed by atoms with Crippen molar-refractivity contribution in [3.8, 4) is 11.1 Å². The Morgan fingerprint density at radius 2 is 1.60 bits per heavy atom.